The lowest BCUT2D eigenvalue weighted by molar-refractivity contribution is 0.0642. The van der Waals surface area contributed by atoms with E-state index in [1.807, 2.05) is 19.9 Å². The van der Waals surface area contributed by atoms with Gasteiger partial charge in [0.05, 0.1) is 29.3 Å². The molecule has 0 bridgehead atoms. The van der Waals surface area contributed by atoms with Crippen molar-refractivity contribution in [2.24, 2.45) is 0 Å². The first-order valence-corrected chi connectivity index (χ1v) is 8.85. The van der Waals surface area contributed by atoms with Gasteiger partial charge in [0.2, 0.25) is 0 Å². The number of imide groups is 1. The number of furan rings is 1. The maximum Gasteiger partial charge on any atom is 0.336 e. The highest BCUT2D eigenvalue weighted by molar-refractivity contribution is 6.21. The van der Waals surface area contributed by atoms with Gasteiger partial charge in [0.1, 0.15) is 11.2 Å². The largest absolute Gasteiger partial charge is 0.464 e. The number of hydrogen-bond donors (Lipinski definition) is 0. The van der Waals surface area contributed by atoms with Gasteiger partial charge in [-0.2, -0.15) is 0 Å². The standard InChI is InChI=1S/C22H15NO5/c1-11-3-4-14-16(9-11)22(26)23(21(14)25)10-17-12(2)13-5-6-18(24)28-20(13)15-7-8-27-19(15)17/h3-9H,10H2,1-2H3. The van der Waals surface area contributed by atoms with E-state index in [2.05, 4.69) is 0 Å². The lowest BCUT2D eigenvalue weighted by Gasteiger charge is -2.17. The van der Waals surface area contributed by atoms with Crippen LogP contribution in [-0.2, 0) is 6.54 Å². The van der Waals surface area contributed by atoms with Crippen LogP contribution in [0.5, 0.6) is 0 Å². The van der Waals surface area contributed by atoms with Gasteiger partial charge in [-0.1, -0.05) is 11.6 Å². The quantitative estimate of drug-likeness (QED) is 0.393. The number of benzene rings is 2. The average molecular weight is 373 g/mol. The third-order valence-electron chi connectivity index (χ3n) is 5.32. The molecule has 0 saturated carbocycles. The molecule has 0 unspecified atom stereocenters. The molecule has 138 valence electrons. The number of amides is 2. The summed E-state index contributed by atoms with van der Waals surface area (Å²) in [6.45, 7) is 3.83. The Morgan fingerprint density at radius 3 is 2.46 bits per heavy atom. The summed E-state index contributed by atoms with van der Waals surface area (Å²) in [4.78, 5) is 38.6. The molecule has 0 radical (unpaired) electrons. The number of aryl methyl sites for hydroxylation is 2. The number of carbonyl (C=O) groups is 2. The maximum absolute atomic E-state index is 12.9. The highest BCUT2D eigenvalue weighted by atomic mass is 16.4. The predicted molar refractivity (Wildman–Crippen MR) is 102 cm³/mol. The van der Waals surface area contributed by atoms with E-state index in [0.717, 1.165) is 16.5 Å². The molecule has 3 heterocycles. The van der Waals surface area contributed by atoms with Crippen molar-refractivity contribution in [2.75, 3.05) is 0 Å². The number of hydrogen-bond acceptors (Lipinski definition) is 5. The molecule has 0 N–H and O–H groups in total. The summed E-state index contributed by atoms with van der Waals surface area (Å²) < 4.78 is 11.0. The molecule has 0 atom stereocenters. The van der Waals surface area contributed by atoms with Gasteiger partial charge in [-0.25, -0.2) is 4.79 Å². The fraction of sp³-hybridized carbons (Fsp3) is 0.136. The molecule has 2 aromatic carbocycles. The number of nitrogens with zero attached hydrogens (tertiary/aromatic N) is 1. The molecule has 6 heteroatoms. The minimum atomic E-state index is -0.446. The lowest BCUT2D eigenvalue weighted by Crippen LogP contribution is -2.29. The van der Waals surface area contributed by atoms with Crippen LogP contribution < -0.4 is 5.63 Å². The first-order chi connectivity index (χ1) is 13.5. The second-order valence-corrected chi connectivity index (χ2v) is 7.01. The predicted octanol–water partition coefficient (Wildman–Crippen LogP) is 3.95. The fourth-order valence-electron chi connectivity index (χ4n) is 3.86. The van der Waals surface area contributed by atoms with Gasteiger partial charge in [0, 0.05) is 17.0 Å². The summed E-state index contributed by atoms with van der Waals surface area (Å²) in [5.41, 5.74) is 3.77. The fourth-order valence-corrected chi connectivity index (χ4v) is 3.86. The van der Waals surface area contributed by atoms with Gasteiger partial charge in [0.15, 0.2) is 0 Å². The van der Waals surface area contributed by atoms with E-state index in [1.165, 1.54) is 17.2 Å². The second kappa shape index (κ2) is 5.66. The van der Waals surface area contributed by atoms with Crippen molar-refractivity contribution in [2.45, 2.75) is 20.4 Å². The van der Waals surface area contributed by atoms with E-state index in [1.54, 1.807) is 24.3 Å². The molecule has 6 nitrogen and oxygen atoms in total. The Bertz CT molecular complexity index is 1380. The van der Waals surface area contributed by atoms with Crippen LogP contribution in [0.15, 0.2) is 56.3 Å². The minimum absolute atomic E-state index is 0.0797. The maximum atomic E-state index is 12.9. The van der Waals surface area contributed by atoms with Crippen LogP contribution in [0, 0.1) is 13.8 Å². The normalized spacial score (nSPS) is 13.7. The van der Waals surface area contributed by atoms with Crippen LogP contribution in [0.2, 0.25) is 0 Å². The molecule has 0 saturated heterocycles. The molecule has 4 aromatic rings. The molecule has 2 aromatic heterocycles. The number of rotatable bonds is 2. The molecule has 5 rings (SSSR count). The van der Waals surface area contributed by atoms with Gasteiger partial charge in [-0.3, -0.25) is 14.5 Å². The molecule has 1 aliphatic heterocycles. The van der Waals surface area contributed by atoms with E-state index in [4.69, 9.17) is 8.83 Å². The van der Waals surface area contributed by atoms with Crippen molar-refractivity contribution in [3.05, 3.63) is 80.9 Å². The van der Waals surface area contributed by atoms with Crippen molar-refractivity contribution in [1.82, 2.24) is 4.90 Å². The Kier molecular flexibility index (Phi) is 3.34. The molecular weight excluding hydrogens is 358 g/mol. The zero-order valence-electron chi connectivity index (χ0n) is 15.2. The topological polar surface area (TPSA) is 80.7 Å². The van der Waals surface area contributed by atoms with E-state index in [9.17, 15) is 14.4 Å². The third kappa shape index (κ3) is 2.18. The molecule has 1 aliphatic rings. The van der Waals surface area contributed by atoms with Crippen LogP contribution in [0.1, 0.15) is 37.4 Å². The lowest BCUT2D eigenvalue weighted by atomic mass is 10.00. The van der Waals surface area contributed by atoms with Crippen LogP contribution in [-0.4, -0.2) is 16.7 Å². The molecular formula is C22H15NO5. The van der Waals surface area contributed by atoms with Crippen LogP contribution >= 0.6 is 0 Å². The van der Waals surface area contributed by atoms with E-state index in [0.29, 0.717) is 33.2 Å². The van der Waals surface area contributed by atoms with Gasteiger partial charge >= 0.3 is 5.63 Å². The average Bonchev–Trinajstić information content (AvgIpc) is 3.24. The molecule has 28 heavy (non-hydrogen) atoms. The molecule has 2 amide bonds. The highest BCUT2D eigenvalue weighted by Crippen LogP contribution is 2.35. The zero-order valence-corrected chi connectivity index (χ0v) is 15.2. The molecule has 0 aliphatic carbocycles. The van der Waals surface area contributed by atoms with Crippen molar-refractivity contribution in [3.8, 4) is 0 Å². The first-order valence-electron chi connectivity index (χ1n) is 8.85. The SMILES string of the molecule is Cc1ccc2c(c1)C(=O)N(Cc1c(C)c3ccc(=O)oc3c3ccoc13)C2=O. The van der Waals surface area contributed by atoms with Crippen LogP contribution in [0.25, 0.3) is 21.9 Å². The summed E-state index contributed by atoms with van der Waals surface area (Å²) >= 11 is 0. The van der Waals surface area contributed by atoms with Gasteiger partial charge in [-0.15, -0.1) is 0 Å². The number of carbonyl (C=O) groups excluding carboxylic acids is 2. The summed E-state index contributed by atoms with van der Waals surface area (Å²) in [5, 5.41) is 1.39. The van der Waals surface area contributed by atoms with E-state index >= 15 is 0 Å². The highest BCUT2D eigenvalue weighted by Gasteiger charge is 2.36. The Labute approximate surface area is 159 Å². The Hall–Kier alpha value is -3.67. The van der Waals surface area contributed by atoms with Gasteiger partial charge in [-0.05, 0) is 43.7 Å². The van der Waals surface area contributed by atoms with E-state index in [-0.39, 0.29) is 18.4 Å². The molecule has 0 spiro atoms. The summed E-state index contributed by atoms with van der Waals surface area (Å²) in [5.74, 6) is -0.638. The van der Waals surface area contributed by atoms with Crippen LogP contribution in [0.4, 0.5) is 0 Å². The van der Waals surface area contributed by atoms with E-state index < -0.39 is 5.63 Å². The van der Waals surface area contributed by atoms with Gasteiger partial charge < -0.3 is 8.83 Å². The minimum Gasteiger partial charge on any atom is -0.464 e. The van der Waals surface area contributed by atoms with Crippen molar-refractivity contribution >= 4 is 33.8 Å². The third-order valence-corrected chi connectivity index (χ3v) is 5.32. The first kappa shape index (κ1) is 16.5. The number of fused-ring (bicyclic) bond motifs is 4. The van der Waals surface area contributed by atoms with Crippen molar-refractivity contribution < 1.29 is 18.4 Å². The smallest absolute Gasteiger partial charge is 0.336 e. The zero-order chi connectivity index (χ0) is 19.6. The Morgan fingerprint density at radius 1 is 0.857 bits per heavy atom. The Morgan fingerprint density at radius 2 is 1.64 bits per heavy atom. The van der Waals surface area contributed by atoms with Crippen LogP contribution in [0.3, 0.4) is 0 Å². The van der Waals surface area contributed by atoms with Crippen molar-refractivity contribution in [1.29, 1.82) is 0 Å². The monoisotopic (exact) mass is 373 g/mol. The van der Waals surface area contributed by atoms with Crippen molar-refractivity contribution in [3.63, 3.8) is 0 Å². The molecule has 0 fully saturated rings. The summed E-state index contributed by atoms with van der Waals surface area (Å²) in [6.07, 6.45) is 1.51. The second-order valence-electron chi connectivity index (χ2n) is 7.01. The summed E-state index contributed by atoms with van der Waals surface area (Å²) in [6, 6.07) is 10.0. The summed E-state index contributed by atoms with van der Waals surface area (Å²) in [7, 11) is 0. The Balaban J connectivity index is 1.68. The van der Waals surface area contributed by atoms with Gasteiger partial charge in [0.25, 0.3) is 11.8 Å².